The summed E-state index contributed by atoms with van der Waals surface area (Å²) in [5, 5.41) is 103. The number of rotatable bonds is 14. The van der Waals surface area contributed by atoms with E-state index in [-0.39, 0.29) is 24.5 Å². The molecule has 19 heteroatoms. The van der Waals surface area contributed by atoms with Crippen LogP contribution in [-0.4, -0.2) is 170 Å². The van der Waals surface area contributed by atoms with Crippen LogP contribution in [0.1, 0.15) is 18.1 Å². The molecule has 0 aliphatic carbocycles. The molecule has 5 rings (SSSR count). The maximum atomic E-state index is 13.3. The molecule has 0 unspecified atom stereocenters. The number of phenols is 3. The average molecular weight is 771 g/mol. The smallest absolute Gasteiger partial charge is 0.331 e. The third kappa shape index (κ3) is 9.40. The second-order valence-electron chi connectivity index (χ2n) is 13.1. The van der Waals surface area contributed by atoms with E-state index in [1.165, 1.54) is 44.4 Å². The molecule has 0 aromatic heterocycles. The summed E-state index contributed by atoms with van der Waals surface area (Å²) in [6.07, 6.45) is -16.7. The first-order valence-electron chi connectivity index (χ1n) is 17.0. The molecule has 54 heavy (non-hydrogen) atoms. The fraction of sp³-hybridized carbons (Fsp3) is 0.571. The molecule has 19 nitrogen and oxygen atoms in total. The van der Waals surface area contributed by atoms with E-state index in [0.717, 1.165) is 6.08 Å². The monoisotopic (exact) mass is 770 g/mol. The van der Waals surface area contributed by atoms with Gasteiger partial charge in [0.05, 0.1) is 39.6 Å². The second kappa shape index (κ2) is 17.9. The SMILES string of the molecule is COc1cc(CCO[C@H]2O[C@@H](CO[C@@H]3OC[C@@](O)(CO)[C@@H]3O)[C@@H](OC(=O)C=Cc3ccc(O)c(O)c3)[C@H](O[C@H]3O[C@H](C)[C@H](O)[C@@H](O)[C@@H]3O)[C@@H]2O)ccc1O. The van der Waals surface area contributed by atoms with Crippen LogP contribution in [0.3, 0.4) is 0 Å². The molecule has 0 amide bonds. The highest BCUT2D eigenvalue weighted by Crippen LogP contribution is 2.34. The molecule has 0 radical (unpaired) electrons. The van der Waals surface area contributed by atoms with Gasteiger partial charge in [-0.3, -0.25) is 0 Å². The summed E-state index contributed by atoms with van der Waals surface area (Å²) in [5.74, 6) is -1.75. The minimum absolute atomic E-state index is 0.0828. The molecular formula is C35H46O19. The van der Waals surface area contributed by atoms with Gasteiger partial charge in [-0.2, -0.15) is 0 Å². The molecule has 0 saturated carbocycles. The van der Waals surface area contributed by atoms with Gasteiger partial charge in [0.15, 0.2) is 48.0 Å². The molecule has 0 bridgehead atoms. The van der Waals surface area contributed by atoms with Crippen molar-refractivity contribution < 1.29 is 93.8 Å². The van der Waals surface area contributed by atoms with Gasteiger partial charge in [-0.05, 0) is 54.8 Å². The van der Waals surface area contributed by atoms with Crippen LogP contribution in [0, 0.1) is 0 Å². The van der Waals surface area contributed by atoms with Gasteiger partial charge in [0.1, 0.15) is 48.3 Å². The Morgan fingerprint density at radius 1 is 0.870 bits per heavy atom. The summed E-state index contributed by atoms with van der Waals surface area (Å²) in [6, 6.07) is 8.39. The van der Waals surface area contributed by atoms with Crippen molar-refractivity contribution >= 4 is 12.0 Å². The number of carbonyl (C=O) groups is 1. The second-order valence-corrected chi connectivity index (χ2v) is 13.1. The van der Waals surface area contributed by atoms with Gasteiger partial charge < -0.3 is 89.0 Å². The van der Waals surface area contributed by atoms with Crippen molar-refractivity contribution in [3.8, 4) is 23.0 Å². The number of aromatic hydroxyl groups is 3. The van der Waals surface area contributed by atoms with Crippen molar-refractivity contribution in [2.75, 3.05) is 33.5 Å². The molecule has 3 fully saturated rings. The Bertz CT molecular complexity index is 1590. The number of hydrogen-bond donors (Lipinski definition) is 10. The minimum atomic E-state index is -2.04. The number of methoxy groups -OCH3 is 1. The lowest BCUT2D eigenvalue weighted by Crippen LogP contribution is -2.65. The zero-order valence-electron chi connectivity index (χ0n) is 29.2. The quantitative estimate of drug-likeness (QED) is 0.0552. The number of benzene rings is 2. The average Bonchev–Trinajstić information content (AvgIpc) is 3.44. The van der Waals surface area contributed by atoms with Crippen LogP contribution in [0.5, 0.6) is 23.0 Å². The Labute approximate surface area is 308 Å². The minimum Gasteiger partial charge on any atom is -0.504 e. The maximum absolute atomic E-state index is 13.3. The van der Waals surface area contributed by atoms with E-state index in [1.807, 2.05) is 0 Å². The highest BCUT2D eigenvalue weighted by Gasteiger charge is 2.54. The van der Waals surface area contributed by atoms with Gasteiger partial charge in [-0.25, -0.2) is 4.79 Å². The summed E-state index contributed by atoms with van der Waals surface area (Å²) >= 11 is 0. The first-order valence-corrected chi connectivity index (χ1v) is 17.0. The van der Waals surface area contributed by atoms with E-state index in [2.05, 4.69) is 0 Å². The van der Waals surface area contributed by atoms with E-state index in [9.17, 15) is 55.9 Å². The predicted octanol–water partition coefficient (Wildman–Crippen LogP) is -2.25. The van der Waals surface area contributed by atoms with Crippen molar-refractivity contribution in [1.29, 1.82) is 0 Å². The summed E-state index contributed by atoms with van der Waals surface area (Å²) < 4.78 is 45.4. The fourth-order valence-corrected chi connectivity index (χ4v) is 6.02. The number of carbonyl (C=O) groups excluding carboxylic acids is 1. The first-order chi connectivity index (χ1) is 25.6. The molecule has 2 aromatic carbocycles. The van der Waals surface area contributed by atoms with E-state index in [4.69, 9.17) is 37.9 Å². The Balaban J connectivity index is 1.42. The number of phenolic OH excluding ortho intramolecular Hbond substituents is 3. The Kier molecular flexibility index (Phi) is 13.7. The largest absolute Gasteiger partial charge is 0.504 e. The van der Waals surface area contributed by atoms with E-state index in [1.54, 1.807) is 12.1 Å². The van der Waals surface area contributed by atoms with Gasteiger partial charge in [0.25, 0.3) is 0 Å². The summed E-state index contributed by atoms with van der Waals surface area (Å²) in [6.45, 7) is -0.613. The van der Waals surface area contributed by atoms with Crippen LogP contribution in [-0.2, 0) is 44.4 Å². The molecule has 10 N–H and O–H groups in total. The summed E-state index contributed by atoms with van der Waals surface area (Å²) in [5.41, 5.74) is -1.08. The molecular weight excluding hydrogens is 724 g/mol. The lowest BCUT2D eigenvalue weighted by atomic mass is 9.96. The Morgan fingerprint density at radius 2 is 1.61 bits per heavy atom. The summed E-state index contributed by atoms with van der Waals surface area (Å²) in [7, 11) is 1.38. The molecule has 3 aliphatic rings. The van der Waals surface area contributed by atoms with Gasteiger partial charge >= 0.3 is 5.97 Å². The molecule has 0 spiro atoms. The zero-order chi connectivity index (χ0) is 39.3. The van der Waals surface area contributed by atoms with Crippen molar-refractivity contribution in [3.63, 3.8) is 0 Å². The number of aliphatic hydroxyl groups excluding tert-OH is 6. The van der Waals surface area contributed by atoms with Gasteiger partial charge in [-0.1, -0.05) is 12.1 Å². The lowest BCUT2D eigenvalue weighted by molar-refractivity contribution is -0.360. The lowest BCUT2D eigenvalue weighted by Gasteiger charge is -2.46. The first kappa shape index (κ1) is 41.5. The number of ether oxygens (including phenoxy) is 8. The van der Waals surface area contributed by atoms with Crippen LogP contribution in [0.25, 0.3) is 6.08 Å². The molecule has 300 valence electrons. The van der Waals surface area contributed by atoms with E-state index < -0.39 is 117 Å². The maximum Gasteiger partial charge on any atom is 0.331 e. The van der Waals surface area contributed by atoms with Crippen LogP contribution < -0.4 is 4.74 Å². The highest BCUT2D eigenvalue weighted by molar-refractivity contribution is 5.87. The van der Waals surface area contributed by atoms with Crippen molar-refractivity contribution in [2.24, 2.45) is 0 Å². The zero-order valence-corrected chi connectivity index (χ0v) is 29.2. The molecule has 3 aliphatic heterocycles. The topological polar surface area (TPSA) is 293 Å². The van der Waals surface area contributed by atoms with Crippen molar-refractivity contribution in [3.05, 3.63) is 53.6 Å². The third-order valence-electron chi connectivity index (χ3n) is 9.30. The van der Waals surface area contributed by atoms with Gasteiger partial charge in [-0.15, -0.1) is 0 Å². The Hall–Kier alpha value is -3.67. The van der Waals surface area contributed by atoms with Crippen LogP contribution in [0.15, 0.2) is 42.5 Å². The molecule has 3 heterocycles. The van der Waals surface area contributed by atoms with E-state index >= 15 is 0 Å². The Morgan fingerprint density at radius 3 is 2.30 bits per heavy atom. The number of esters is 1. The highest BCUT2D eigenvalue weighted by atomic mass is 16.8. The third-order valence-corrected chi connectivity index (χ3v) is 9.30. The predicted molar refractivity (Wildman–Crippen MR) is 179 cm³/mol. The normalized spacial score (nSPS) is 35.6. The van der Waals surface area contributed by atoms with Gasteiger partial charge in [0, 0.05) is 6.08 Å². The van der Waals surface area contributed by atoms with Crippen LogP contribution in [0.2, 0.25) is 0 Å². The van der Waals surface area contributed by atoms with Gasteiger partial charge in [0.2, 0.25) is 0 Å². The summed E-state index contributed by atoms with van der Waals surface area (Å²) in [4.78, 5) is 13.3. The van der Waals surface area contributed by atoms with Crippen LogP contribution in [0.4, 0.5) is 0 Å². The molecule has 3 saturated heterocycles. The standard InChI is InChI=1S/C35H46O19/c1-16-25(41)26(42)27(43)33(51-16)54-30-28(44)32(48-10-9-18-4-7-20(38)22(12-18)47-2)52-23(13-49-34-31(45)35(46,14-36)15-50-34)29(30)53-24(40)8-5-17-3-6-19(37)21(39)11-17/h3-8,11-12,16,23,25-34,36-39,41-46H,9-10,13-15H2,1-2H3/t16-,23+,25+,26-,27+,28+,29-,30-,31-,32+,33-,34-,35+/m1/s1. The molecule has 13 atom stereocenters. The van der Waals surface area contributed by atoms with Crippen molar-refractivity contribution in [2.45, 2.75) is 92.8 Å². The fourth-order valence-electron chi connectivity index (χ4n) is 6.02. The van der Waals surface area contributed by atoms with Crippen molar-refractivity contribution in [1.82, 2.24) is 0 Å². The number of hydrogen-bond acceptors (Lipinski definition) is 19. The number of aliphatic hydroxyl groups is 7. The molecule has 2 aromatic rings. The van der Waals surface area contributed by atoms with Crippen LogP contribution >= 0.6 is 0 Å². The van der Waals surface area contributed by atoms with E-state index in [0.29, 0.717) is 11.1 Å².